The van der Waals surface area contributed by atoms with Crippen LogP contribution in [-0.4, -0.2) is 82.8 Å². The lowest BCUT2D eigenvalue weighted by Crippen LogP contribution is -2.56. The number of alkyl carbamates (subject to hydrolysis) is 1. The molecule has 1 aromatic carbocycles. The Hall–Kier alpha value is -3.90. The van der Waals surface area contributed by atoms with Crippen molar-refractivity contribution in [1.82, 2.24) is 20.2 Å². The summed E-state index contributed by atoms with van der Waals surface area (Å²) in [7, 11) is 1.49. The number of nitrogens with one attached hydrogen (secondary N) is 1. The maximum absolute atomic E-state index is 15.1. The number of Topliss-reactive ketones (excluding diaryl/α,β-unsaturated/α-hetero) is 1. The number of benzene rings is 1. The van der Waals surface area contributed by atoms with Gasteiger partial charge in [0.2, 0.25) is 17.6 Å². The van der Waals surface area contributed by atoms with Gasteiger partial charge < -0.3 is 29.2 Å². The van der Waals surface area contributed by atoms with Gasteiger partial charge in [-0.1, -0.05) is 27.7 Å². The van der Waals surface area contributed by atoms with Gasteiger partial charge in [0, 0.05) is 37.2 Å². The van der Waals surface area contributed by atoms with Gasteiger partial charge in [-0.3, -0.25) is 9.59 Å². The summed E-state index contributed by atoms with van der Waals surface area (Å²) in [6, 6.07) is 2.99. The van der Waals surface area contributed by atoms with Crippen molar-refractivity contribution in [1.29, 1.82) is 0 Å². The van der Waals surface area contributed by atoms with E-state index in [4.69, 9.17) is 14.2 Å². The Morgan fingerprint density at radius 3 is 2.53 bits per heavy atom. The number of aldehydes is 1. The zero-order chi connectivity index (χ0) is 31.3. The number of ether oxygens (including phenoxy) is 3. The van der Waals surface area contributed by atoms with Crippen molar-refractivity contribution in [3.05, 3.63) is 23.9 Å². The number of hydrogen-bond donors (Lipinski definition) is 1. The second-order valence-electron chi connectivity index (χ2n) is 12.7. The van der Waals surface area contributed by atoms with Crippen molar-refractivity contribution < 1.29 is 42.2 Å². The summed E-state index contributed by atoms with van der Waals surface area (Å²) >= 11 is 0. The molecule has 2 amide bonds. The molecule has 232 valence electrons. The first-order chi connectivity index (χ1) is 20.2. The molecule has 13 heteroatoms. The Labute approximate surface area is 247 Å². The highest BCUT2D eigenvalue weighted by atomic mass is 19.3. The molecule has 1 aliphatic carbocycles. The SMILES string of the molecule is COc1ccc2nc3c(nc2c1)O[C@H]1CN(C(=O)[C@H](C(C)(C)C)NC(=O)O[C@@H]2C[C@H]2CC(=O)C(F)(F)CC3)[C@H](C=O)[C@@H]1C. The fourth-order valence-electron chi connectivity index (χ4n) is 5.63. The Morgan fingerprint density at radius 1 is 1.12 bits per heavy atom. The highest BCUT2D eigenvalue weighted by Crippen LogP contribution is 2.40. The van der Waals surface area contributed by atoms with Crippen LogP contribution in [0.1, 0.15) is 52.7 Å². The molecular formula is C30H36F2N4O7. The molecule has 11 nitrogen and oxygen atoms in total. The lowest BCUT2D eigenvalue weighted by Gasteiger charge is -2.34. The van der Waals surface area contributed by atoms with Crippen molar-refractivity contribution in [3.8, 4) is 11.6 Å². The summed E-state index contributed by atoms with van der Waals surface area (Å²) in [5, 5.41) is 2.61. The molecule has 0 spiro atoms. The van der Waals surface area contributed by atoms with E-state index in [1.807, 2.05) is 0 Å². The van der Waals surface area contributed by atoms with Crippen LogP contribution in [0, 0.1) is 17.3 Å². The predicted octanol–water partition coefficient (Wildman–Crippen LogP) is 3.50. The Balaban J connectivity index is 1.55. The summed E-state index contributed by atoms with van der Waals surface area (Å²) in [5.41, 5.74) is 0.162. The van der Waals surface area contributed by atoms with E-state index < -0.39 is 78.1 Å². The van der Waals surface area contributed by atoms with E-state index in [0.717, 1.165) is 0 Å². The summed E-state index contributed by atoms with van der Waals surface area (Å²) in [6.07, 6.45) is -3.03. The quantitative estimate of drug-likeness (QED) is 0.512. The van der Waals surface area contributed by atoms with Crippen LogP contribution in [0.5, 0.6) is 11.6 Å². The van der Waals surface area contributed by atoms with Crippen molar-refractivity contribution in [3.63, 3.8) is 0 Å². The van der Waals surface area contributed by atoms with Gasteiger partial charge in [-0.05, 0) is 24.0 Å². The van der Waals surface area contributed by atoms with E-state index in [-0.39, 0.29) is 31.0 Å². The molecule has 0 radical (unpaired) electrons. The van der Waals surface area contributed by atoms with Gasteiger partial charge in [-0.15, -0.1) is 0 Å². The standard InChI is InChI=1S/C30H36F2N4O7/c1-15-21(14-37)36-13-23(15)42-26-19(33-18-7-6-17(41-5)12-20(18)34-26)8-9-30(31,32)24(38)11-16-10-22(16)43-28(40)35-25(27(36)39)29(2,3)4/h6-7,12,14-16,21-23,25H,8-11,13H2,1-5H3,(H,35,40)/t15-,16-,21+,22+,23-,25+/m0/s1. The molecule has 6 atom stereocenters. The summed E-state index contributed by atoms with van der Waals surface area (Å²) in [5.74, 6) is -5.97. The third kappa shape index (κ3) is 6.25. The Kier molecular flexibility index (Phi) is 8.03. The number of hydrogen-bond acceptors (Lipinski definition) is 9. The smallest absolute Gasteiger partial charge is 0.408 e. The van der Waals surface area contributed by atoms with Crippen LogP contribution in [0.4, 0.5) is 13.6 Å². The van der Waals surface area contributed by atoms with E-state index in [2.05, 4.69) is 15.3 Å². The van der Waals surface area contributed by atoms with E-state index >= 15 is 8.78 Å². The Morgan fingerprint density at radius 2 is 1.86 bits per heavy atom. The summed E-state index contributed by atoms with van der Waals surface area (Å²) < 4.78 is 47.1. The number of fused-ring (bicyclic) bond motifs is 5. The molecule has 5 rings (SSSR count). The number of alkyl halides is 2. The van der Waals surface area contributed by atoms with Crippen molar-refractivity contribution in [2.45, 2.75) is 83.6 Å². The number of amides is 2. The fourth-order valence-corrected chi connectivity index (χ4v) is 5.63. The number of rotatable bonds is 2. The third-order valence-electron chi connectivity index (χ3n) is 8.48. The van der Waals surface area contributed by atoms with Gasteiger partial charge in [0.25, 0.3) is 0 Å². The van der Waals surface area contributed by atoms with Gasteiger partial charge >= 0.3 is 12.0 Å². The van der Waals surface area contributed by atoms with Crippen LogP contribution in [0.2, 0.25) is 0 Å². The molecule has 1 saturated heterocycles. The summed E-state index contributed by atoms with van der Waals surface area (Å²) in [6.45, 7) is 7.00. The number of aromatic nitrogens is 2. The number of carbonyl (C=O) groups excluding carboxylic acids is 4. The zero-order valence-corrected chi connectivity index (χ0v) is 24.8. The van der Waals surface area contributed by atoms with Gasteiger partial charge in [0.15, 0.2) is 0 Å². The maximum atomic E-state index is 15.1. The third-order valence-corrected chi connectivity index (χ3v) is 8.48. The first-order valence-corrected chi connectivity index (χ1v) is 14.4. The number of carbonyl (C=O) groups is 4. The molecule has 2 fully saturated rings. The zero-order valence-electron chi connectivity index (χ0n) is 24.8. The molecule has 1 aromatic heterocycles. The topological polar surface area (TPSA) is 137 Å². The van der Waals surface area contributed by atoms with E-state index in [1.165, 1.54) is 12.0 Å². The molecule has 2 bridgehead atoms. The second-order valence-corrected chi connectivity index (χ2v) is 12.7. The van der Waals surface area contributed by atoms with Gasteiger partial charge in [0.05, 0.1) is 30.7 Å². The first-order valence-electron chi connectivity index (χ1n) is 14.4. The minimum Gasteiger partial charge on any atom is -0.497 e. The number of nitrogens with zero attached hydrogens (tertiary/aromatic N) is 3. The lowest BCUT2D eigenvalue weighted by atomic mass is 9.85. The van der Waals surface area contributed by atoms with Crippen LogP contribution >= 0.6 is 0 Å². The lowest BCUT2D eigenvalue weighted by molar-refractivity contribution is -0.144. The normalized spacial score (nSPS) is 29.7. The van der Waals surface area contributed by atoms with E-state index in [9.17, 15) is 19.2 Å². The molecule has 2 aliphatic heterocycles. The van der Waals surface area contributed by atoms with Crippen molar-refractivity contribution >= 4 is 35.1 Å². The fraction of sp³-hybridized carbons (Fsp3) is 0.600. The van der Waals surface area contributed by atoms with E-state index in [1.54, 1.807) is 45.9 Å². The molecule has 1 saturated carbocycles. The molecule has 1 N–H and O–H groups in total. The van der Waals surface area contributed by atoms with Crippen LogP contribution in [-0.2, 0) is 25.5 Å². The number of halogens is 2. The van der Waals surface area contributed by atoms with Crippen molar-refractivity contribution in [2.24, 2.45) is 17.3 Å². The molecule has 0 unspecified atom stereocenters. The molecule has 3 heterocycles. The van der Waals surface area contributed by atoms with Crippen LogP contribution < -0.4 is 14.8 Å². The van der Waals surface area contributed by atoms with Gasteiger partial charge in [-0.25, -0.2) is 14.8 Å². The van der Waals surface area contributed by atoms with Crippen LogP contribution in [0.25, 0.3) is 11.0 Å². The maximum Gasteiger partial charge on any atom is 0.408 e. The number of methoxy groups -OCH3 is 1. The highest BCUT2D eigenvalue weighted by molar-refractivity contribution is 5.89. The second kappa shape index (κ2) is 11.3. The predicted molar refractivity (Wildman–Crippen MR) is 149 cm³/mol. The Bertz CT molecular complexity index is 1450. The molecule has 43 heavy (non-hydrogen) atoms. The molecule has 2 aromatic rings. The highest BCUT2D eigenvalue weighted by Gasteiger charge is 2.50. The number of ketones is 1. The average molecular weight is 603 g/mol. The van der Waals surface area contributed by atoms with Crippen LogP contribution in [0.3, 0.4) is 0 Å². The largest absolute Gasteiger partial charge is 0.497 e. The van der Waals surface area contributed by atoms with Gasteiger partial charge in [0.1, 0.15) is 36.0 Å². The number of aryl methyl sites for hydroxylation is 1. The van der Waals surface area contributed by atoms with Crippen LogP contribution in [0.15, 0.2) is 18.2 Å². The first kappa shape index (κ1) is 30.6. The van der Waals surface area contributed by atoms with Gasteiger partial charge in [-0.2, -0.15) is 8.78 Å². The summed E-state index contributed by atoms with van der Waals surface area (Å²) in [4.78, 5) is 62.0. The minimum absolute atomic E-state index is 0.0245. The molecule has 3 aliphatic rings. The average Bonchev–Trinajstić information content (AvgIpc) is 3.59. The minimum atomic E-state index is -3.65. The monoisotopic (exact) mass is 602 g/mol. The van der Waals surface area contributed by atoms with Crippen molar-refractivity contribution in [2.75, 3.05) is 13.7 Å². The molecular weight excluding hydrogens is 566 g/mol. The van der Waals surface area contributed by atoms with E-state index in [0.29, 0.717) is 23.1 Å².